The number of nitrogens with zero attached hydrogens (tertiary/aromatic N) is 1. The van der Waals surface area contributed by atoms with Gasteiger partial charge in [0.25, 0.3) is 5.91 Å². The van der Waals surface area contributed by atoms with Gasteiger partial charge in [-0.3, -0.25) is 4.79 Å². The van der Waals surface area contributed by atoms with Gasteiger partial charge in [-0.1, -0.05) is 0 Å². The molecule has 0 saturated carbocycles. The predicted octanol–water partition coefficient (Wildman–Crippen LogP) is 0.753. The molecule has 2 rings (SSSR count). The number of hydrogen-bond donors (Lipinski definition) is 1. The summed E-state index contributed by atoms with van der Waals surface area (Å²) in [4.78, 5) is 13.5. The van der Waals surface area contributed by atoms with E-state index in [-0.39, 0.29) is 5.91 Å². The molecule has 2 fully saturated rings. The van der Waals surface area contributed by atoms with Crippen LogP contribution in [0.3, 0.4) is 0 Å². The average Bonchev–Trinajstić information content (AvgIpc) is 2.81. The van der Waals surface area contributed by atoms with Gasteiger partial charge in [-0.05, 0) is 44.6 Å². The zero-order chi connectivity index (χ0) is 10.7. The Balaban J connectivity index is 2.05. The number of nitrogens with one attached hydrogen (secondary N) is 1. The van der Waals surface area contributed by atoms with Gasteiger partial charge in [0.1, 0.15) is 0 Å². The SMILES string of the molecule is C#CC(=O)N1CCCCC1C1CCCN1. The highest BCUT2D eigenvalue weighted by Gasteiger charge is 2.33. The molecule has 0 aromatic heterocycles. The lowest BCUT2D eigenvalue weighted by Crippen LogP contribution is -2.52. The molecular formula is C12H18N2O. The van der Waals surface area contributed by atoms with Gasteiger partial charge >= 0.3 is 0 Å². The Morgan fingerprint density at radius 3 is 2.87 bits per heavy atom. The summed E-state index contributed by atoms with van der Waals surface area (Å²) in [6.07, 6.45) is 11.0. The van der Waals surface area contributed by atoms with E-state index in [1.807, 2.05) is 4.90 Å². The van der Waals surface area contributed by atoms with Crippen LogP contribution in [0.15, 0.2) is 0 Å². The van der Waals surface area contributed by atoms with E-state index >= 15 is 0 Å². The third kappa shape index (κ3) is 2.15. The molecule has 3 heteroatoms. The Kier molecular flexibility index (Phi) is 3.27. The van der Waals surface area contributed by atoms with Gasteiger partial charge in [-0.15, -0.1) is 6.42 Å². The molecule has 2 aliphatic heterocycles. The number of amides is 1. The van der Waals surface area contributed by atoms with E-state index in [0.29, 0.717) is 12.1 Å². The van der Waals surface area contributed by atoms with Crippen molar-refractivity contribution in [3.05, 3.63) is 0 Å². The standard InChI is InChI=1S/C12H18N2O/c1-2-12(15)14-9-4-3-7-11(14)10-6-5-8-13-10/h1,10-11,13H,3-9H2. The Morgan fingerprint density at radius 2 is 2.20 bits per heavy atom. The lowest BCUT2D eigenvalue weighted by atomic mass is 9.94. The highest BCUT2D eigenvalue weighted by molar-refractivity contribution is 5.93. The first-order chi connectivity index (χ1) is 7.33. The van der Waals surface area contributed by atoms with E-state index in [4.69, 9.17) is 6.42 Å². The first-order valence-corrected chi connectivity index (χ1v) is 5.83. The first kappa shape index (κ1) is 10.5. The number of terminal acetylenes is 1. The van der Waals surface area contributed by atoms with Crippen LogP contribution in [0, 0.1) is 12.3 Å². The molecular weight excluding hydrogens is 188 g/mol. The van der Waals surface area contributed by atoms with Crippen LogP contribution in [0.4, 0.5) is 0 Å². The van der Waals surface area contributed by atoms with E-state index in [0.717, 1.165) is 25.9 Å². The molecule has 0 aromatic rings. The fraction of sp³-hybridized carbons (Fsp3) is 0.750. The summed E-state index contributed by atoms with van der Waals surface area (Å²) >= 11 is 0. The Bertz CT molecular complexity index is 276. The van der Waals surface area contributed by atoms with Crippen molar-refractivity contribution in [1.82, 2.24) is 10.2 Å². The van der Waals surface area contributed by atoms with Crippen LogP contribution < -0.4 is 5.32 Å². The second kappa shape index (κ2) is 4.67. The van der Waals surface area contributed by atoms with Crippen molar-refractivity contribution in [3.63, 3.8) is 0 Å². The summed E-state index contributed by atoms with van der Waals surface area (Å²) in [6, 6.07) is 0.812. The van der Waals surface area contributed by atoms with E-state index in [1.165, 1.54) is 19.3 Å². The van der Waals surface area contributed by atoms with Crippen LogP contribution in [-0.2, 0) is 4.79 Å². The summed E-state index contributed by atoms with van der Waals surface area (Å²) in [7, 11) is 0. The summed E-state index contributed by atoms with van der Waals surface area (Å²) in [5, 5.41) is 3.47. The largest absolute Gasteiger partial charge is 0.327 e. The van der Waals surface area contributed by atoms with Crippen molar-refractivity contribution in [2.24, 2.45) is 0 Å². The molecule has 3 nitrogen and oxygen atoms in total. The number of piperidine rings is 1. The number of carbonyl (C=O) groups excluding carboxylic acids is 1. The van der Waals surface area contributed by atoms with Gasteiger partial charge in [0.2, 0.25) is 0 Å². The van der Waals surface area contributed by atoms with Crippen molar-refractivity contribution in [1.29, 1.82) is 0 Å². The molecule has 1 amide bonds. The molecule has 82 valence electrons. The fourth-order valence-electron chi connectivity index (χ4n) is 2.75. The third-order valence-electron chi connectivity index (χ3n) is 3.50. The monoisotopic (exact) mass is 206 g/mol. The fourth-order valence-corrected chi connectivity index (χ4v) is 2.75. The van der Waals surface area contributed by atoms with Crippen LogP contribution >= 0.6 is 0 Å². The van der Waals surface area contributed by atoms with Crippen molar-refractivity contribution in [2.75, 3.05) is 13.1 Å². The minimum Gasteiger partial charge on any atom is -0.327 e. The molecule has 2 atom stereocenters. The zero-order valence-corrected chi connectivity index (χ0v) is 9.04. The van der Waals surface area contributed by atoms with Crippen LogP contribution in [0.1, 0.15) is 32.1 Å². The Labute approximate surface area is 91.2 Å². The molecule has 2 saturated heterocycles. The molecule has 2 unspecified atom stereocenters. The number of hydrogen-bond acceptors (Lipinski definition) is 2. The van der Waals surface area contributed by atoms with Gasteiger partial charge in [-0.25, -0.2) is 0 Å². The van der Waals surface area contributed by atoms with Gasteiger partial charge < -0.3 is 10.2 Å². The topological polar surface area (TPSA) is 32.3 Å². The summed E-state index contributed by atoms with van der Waals surface area (Å²) in [5.41, 5.74) is 0. The number of likely N-dealkylation sites (tertiary alicyclic amines) is 1. The lowest BCUT2D eigenvalue weighted by Gasteiger charge is -2.38. The van der Waals surface area contributed by atoms with Crippen molar-refractivity contribution < 1.29 is 4.79 Å². The average molecular weight is 206 g/mol. The predicted molar refractivity (Wildman–Crippen MR) is 59.2 cm³/mol. The second-order valence-electron chi connectivity index (χ2n) is 4.41. The molecule has 0 bridgehead atoms. The van der Waals surface area contributed by atoms with Crippen LogP contribution in [0.25, 0.3) is 0 Å². The molecule has 15 heavy (non-hydrogen) atoms. The second-order valence-corrected chi connectivity index (χ2v) is 4.41. The molecule has 2 heterocycles. The van der Waals surface area contributed by atoms with E-state index in [9.17, 15) is 4.79 Å². The van der Waals surface area contributed by atoms with Crippen molar-refractivity contribution in [2.45, 2.75) is 44.2 Å². The highest BCUT2D eigenvalue weighted by atomic mass is 16.2. The van der Waals surface area contributed by atoms with Crippen LogP contribution in [-0.4, -0.2) is 36.0 Å². The molecule has 0 radical (unpaired) electrons. The normalized spacial score (nSPS) is 31.3. The van der Waals surface area contributed by atoms with Gasteiger partial charge in [0.05, 0.1) is 0 Å². The van der Waals surface area contributed by atoms with Crippen LogP contribution in [0.5, 0.6) is 0 Å². The maximum Gasteiger partial charge on any atom is 0.298 e. The number of carbonyl (C=O) groups is 1. The zero-order valence-electron chi connectivity index (χ0n) is 9.04. The van der Waals surface area contributed by atoms with Gasteiger partial charge in [-0.2, -0.15) is 0 Å². The Hall–Kier alpha value is -1.01. The lowest BCUT2D eigenvalue weighted by molar-refractivity contribution is -0.129. The molecule has 0 aliphatic carbocycles. The molecule has 0 spiro atoms. The number of rotatable bonds is 1. The van der Waals surface area contributed by atoms with E-state index in [1.54, 1.807) is 0 Å². The molecule has 2 aliphatic rings. The quantitative estimate of drug-likeness (QED) is 0.642. The van der Waals surface area contributed by atoms with Gasteiger partial charge in [0.15, 0.2) is 0 Å². The van der Waals surface area contributed by atoms with Gasteiger partial charge in [0, 0.05) is 18.6 Å². The summed E-state index contributed by atoms with van der Waals surface area (Å²) < 4.78 is 0. The first-order valence-electron chi connectivity index (χ1n) is 5.83. The molecule has 1 N–H and O–H groups in total. The summed E-state index contributed by atoms with van der Waals surface area (Å²) in [5.74, 6) is 2.12. The third-order valence-corrected chi connectivity index (χ3v) is 3.50. The van der Waals surface area contributed by atoms with Crippen molar-refractivity contribution >= 4 is 5.91 Å². The van der Waals surface area contributed by atoms with Crippen LogP contribution in [0.2, 0.25) is 0 Å². The van der Waals surface area contributed by atoms with Crippen molar-refractivity contribution in [3.8, 4) is 12.3 Å². The van der Waals surface area contributed by atoms with E-state index < -0.39 is 0 Å². The minimum absolute atomic E-state index is 0.131. The Morgan fingerprint density at radius 1 is 1.33 bits per heavy atom. The smallest absolute Gasteiger partial charge is 0.298 e. The maximum absolute atomic E-state index is 11.6. The molecule has 0 aromatic carbocycles. The summed E-state index contributed by atoms with van der Waals surface area (Å²) in [6.45, 7) is 1.92. The maximum atomic E-state index is 11.6. The van der Waals surface area contributed by atoms with E-state index in [2.05, 4.69) is 11.2 Å². The highest BCUT2D eigenvalue weighted by Crippen LogP contribution is 2.24. The minimum atomic E-state index is -0.131.